The molecule has 0 radical (unpaired) electrons. The number of primary sulfonamides is 1. The third kappa shape index (κ3) is 5.32. The average Bonchev–Trinajstić information content (AvgIpc) is 2.95. The third-order valence-corrected chi connectivity index (χ3v) is 9.44. The summed E-state index contributed by atoms with van der Waals surface area (Å²) in [5, 5.41) is 8.41. The van der Waals surface area contributed by atoms with Gasteiger partial charge in [-0.05, 0) is 37.5 Å². The van der Waals surface area contributed by atoms with Gasteiger partial charge in [-0.25, -0.2) is 22.0 Å². The number of nitrogens with zero attached hydrogens (tertiary/aromatic N) is 1. The van der Waals surface area contributed by atoms with E-state index in [-0.39, 0.29) is 26.9 Å². The van der Waals surface area contributed by atoms with Crippen molar-refractivity contribution in [2.45, 2.75) is 34.2 Å². The number of hydrogen-bond acceptors (Lipinski definition) is 7. The molecule has 1 aromatic rings. The van der Waals surface area contributed by atoms with Crippen LogP contribution in [0.4, 0.5) is 0 Å². The first-order chi connectivity index (χ1) is 11.2. The number of nitrogens with two attached hydrogens (primary N) is 1. The van der Waals surface area contributed by atoms with Crippen molar-refractivity contribution in [2.75, 3.05) is 31.6 Å². The zero-order valence-electron chi connectivity index (χ0n) is 14.1. The Labute approximate surface area is 164 Å². The first-order valence-electron chi connectivity index (χ1n) is 7.60. The number of thiophene rings is 1. The highest BCUT2D eigenvalue weighted by Crippen LogP contribution is 2.39. The number of likely N-dealkylation sites (N-methyl/N-ethyl adjacent to an activating group) is 1. The molecule has 0 aromatic carbocycles. The van der Waals surface area contributed by atoms with E-state index in [1.807, 2.05) is 13.2 Å². The molecule has 0 saturated heterocycles. The zero-order valence-corrected chi connectivity index (χ0v) is 18.2. The van der Waals surface area contributed by atoms with Crippen molar-refractivity contribution in [3.05, 3.63) is 11.6 Å². The molecule has 1 unspecified atom stereocenters. The number of rotatable bonds is 8. The van der Waals surface area contributed by atoms with E-state index in [1.165, 1.54) is 10.4 Å². The van der Waals surface area contributed by atoms with Crippen molar-refractivity contribution in [1.82, 2.24) is 9.62 Å². The number of nitrogens with one attached hydrogen (secondary N) is 1. The minimum Gasteiger partial charge on any atom is -0.309 e. The summed E-state index contributed by atoms with van der Waals surface area (Å²) in [6, 6.07) is 1.17. The molecule has 12 heteroatoms. The fourth-order valence-electron chi connectivity index (χ4n) is 2.63. The Bertz CT molecular complexity index is 779. The van der Waals surface area contributed by atoms with Crippen LogP contribution >= 0.6 is 35.5 Å². The molecule has 0 spiro atoms. The Morgan fingerprint density at radius 1 is 1.44 bits per heavy atom. The van der Waals surface area contributed by atoms with Gasteiger partial charge in [-0.2, -0.15) is 16.1 Å². The minimum absolute atomic E-state index is 0. The van der Waals surface area contributed by atoms with Crippen LogP contribution in [0.2, 0.25) is 0 Å². The van der Waals surface area contributed by atoms with Crippen LogP contribution in [0.1, 0.15) is 31.4 Å². The van der Waals surface area contributed by atoms with Gasteiger partial charge in [0.2, 0.25) is 10.0 Å². The van der Waals surface area contributed by atoms with Crippen molar-refractivity contribution in [2.24, 2.45) is 5.14 Å². The van der Waals surface area contributed by atoms with E-state index in [4.69, 9.17) is 5.14 Å². The first kappa shape index (κ1) is 23.2. The average molecular weight is 450 g/mol. The number of halogens is 1. The van der Waals surface area contributed by atoms with Crippen LogP contribution in [0.3, 0.4) is 0 Å². The summed E-state index contributed by atoms with van der Waals surface area (Å²) >= 11 is 2.47. The van der Waals surface area contributed by atoms with Crippen LogP contribution in [-0.4, -0.2) is 52.8 Å². The standard InChI is InChI=1S/C13H23N3O4S4.ClH/c1-3-15-11-9-16(6-4-5-7-21-2)24(19,20)13-10(11)8-12(22-13)23(14,17)18;/h8,11,15H,3-7,9H2,1-2H3,(H2,14,17,18);1H. The van der Waals surface area contributed by atoms with Gasteiger partial charge in [-0.1, -0.05) is 6.92 Å². The molecule has 25 heavy (non-hydrogen) atoms. The highest BCUT2D eigenvalue weighted by molar-refractivity contribution is 7.98. The second kappa shape index (κ2) is 9.36. The maximum Gasteiger partial charge on any atom is 0.252 e. The van der Waals surface area contributed by atoms with Gasteiger partial charge in [0.05, 0.1) is 0 Å². The molecule has 7 nitrogen and oxygen atoms in total. The fraction of sp³-hybridized carbons (Fsp3) is 0.692. The minimum atomic E-state index is -3.92. The summed E-state index contributed by atoms with van der Waals surface area (Å²) in [5.74, 6) is 0.990. The molecule has 0 aliphatic carbocycles. The maximum atomic E-state index is 12.8. The first-order valence-corrected chi connectivity index (χ1v) is 12.8. The monoisotopic (exact) mass is 449 g/mol. The molecule has 1 atom stereocenters. The molecule has 146 valence electrons. The number of hydrogen-bond donors (Lipinski definition) is 2. The molecule has 0 bridgehead atoms. The van der Waals surface area contributed by atoms with Gasteiger partial charge in [0.1, 0.15) is 8.42 Å². The third-order valence-electron chi connectivity index (χ3n) is 3.78. The van der Waals surface area contributed by atoms with Crippen LogP contribution < -0.4 is 10.5 Å². The summed E-state index contributed by atoms with van der Waals surface area (Å²) in [6.07, 6.45) is 3.74. The summed E-state index contributed by atoms with van der Waals surface area (Å²) in [7, 11) is -7.60. The van der Waals surface area contributed by atoms with Crippen molar-refractivity contribution in [3.8, 4) is 0 Å². The summed E-state index contributed by atoms with van der Waals surface area (Å²) in [6.45, 7) is 3.33. The van der Waals surface area contributed by atoms with Gasteiger partial charge in [-0.3, -0.25) is 0 Å². The molecule has 1 aliphatic heterocycles. The Morgan fingerprint density at radius 3 is 2.68 bits per heavy atom. The second-order valence-electron chi connectivity index (χ2n) is 5.53. The summed E-state index contributed by atoms with van der Waals surface area (Å²) < 4.78 is 50.3. The Balaban J connectivity index is 0.00000312. The molecule has 1 aromatic heterocycles. The lowest BCUT2D eigenvalue weighted by atomic mass is 10.1. The van der Waals surface area contributed by atoms with Crippen LogP contribution in [0.15, 0.2) is 14.5 Å². The van der Waals surface area contributed by atoms with Crippen molar-refractivity contribution in [3.63, 3.8) is 0 Å². The lowest BCUT2D eigenvalue weighted by Gasteiger charge is -2.32. The molecule has 2 heterocycles. The van der Waals surface area contributed by atoms with Crippen LogP contribution in [-0.2, 0) is 20.0 Å². The van der Waals surface area contributed by atoms with E-state index in [1.54, 1.807) is 11.8 Å². The van der Waals surface area contributed by atoms with Crippen molar-refractivity contribution < 1.29 is 16.8 Å². The van der Waals surface area contributed by atoms with Crippen molar-refractivity contribution >= 4 is 55.6 Å². The smallest absolute Gasteiger partial charge is 0.252 e. The highest BCUT2D eigenvalue weighted by atomic mass is 35.5. The topological polar surface area (TPSA) is 110 Å². The molecular formula is C13H24ClN3O4S4. The van der Waals surface area contributed by atoms with Gasteiger partial charge < -0.3 is 5.32 Å². The normalized spacial score (nSPS) is 20.0. The largest absolute Gasteiger partial charge is 0.309 e. The number of unbranched alkanes of at least 4 members (excludes halogenated alkanes) is 1. The van der Waals surface area contributed by atoms with Gasteiger partial charge in [0.25, 0.3) is 10.0 Å². The van der Waals surface area contributed by atoms with Gasteiger partial charge in [0, 0.05) is 24.7 Å². The van der Waals surface area contributed by atoms with E-state index in [2.05, 4.69) is 5.32 Å². The molecule has 2 rings (SSSR count). The zero-order chi connectivity index (χ0) is 18.0. The van der Waals surface area contributed by atoms with Crippen LogP contribution in [0.5, 0.6) is 0 Å². The lowest BCUT2D eigenvalue weighted by Crippen LogP contribution is -2.43. The van der Waals surface area contributed by atoms with E-state index in [0.717, 1.165) is 29.9 Å². The van der Waals surface area contributed by atoms with Gasteiger partial charge in [-0.15, -0.1) is 23.7 Å². The fourth-order valence-corrected chi connectivity index (χ4v) is 7.43. The van der Waals surface area contributed by atoms with E-state index in [9.17, 15) is 16.8 Å². The SMILES string of the molecule is CCNC1CN(CCCCSC)S(=O)(=O)c2sc(S(N)(=O)=O)cc21.Cl. The Kier molecular flexibility index (Phi) is 8.67. The van der Waals surface area contributed by atoms with E-state index in [0.29, 0.717) is 25.2 Å². The van der Waals surface area contributed by atoms with E-state index < -0.39 is 20.0 Å². The quantitative estimate of drug-likeness (QED) is 0.583. The van der Waals surface area contributed by atoms with E-state index >= 15 is 0 Å². The summed E-state index contributed by atoms with van der Waals surface area (Å²) in [4.78, 5) is 0. The lowest BCUT2D eigenvalue weighted by molar-refractivity contribution is 0.340. The maximum absolute atomic E-state index is 12.8. The van der Waals surface area contributed by atoms with Gasteiger partial charge in [0.15, 0.2) is 0 Å². The second-order valence-corrected chi connectivity index (χ2v) is 11.5. The molecule has 1 aliphatic rings. The van der Waals surface area contributed by atoms with Crippen LogP contribution in [0.25, 0.3) is 0 Å². The van der Waals surface area contributed by atoms with Crippen molar-refractivity contribution in [1.29, 1.82) is 0 Å². The molecule has 0 amide bonds. The number of thioether (sulfide) groups is 1. The number of fused-ring (bicyclic) bond motifs is 1. The van der Waals surface area contributed by atoms with Gasteiger partial charge >= 0.3 is 0 Å². The number of sulfonamides is 2. The highest BCUT2D eigenvalue weighted by Gasteiger charge is 2.39. The van der Waals surface area contributed by atoms with Crippen LogP contribution in [0, 0.1) is 0 Å². The molecular weight excluding hydrogens is 426 g/mol. The Morgan fingerprint density at radius 2 is 2.12 bits per heavy atom. The molecule has 0 fully saturated rings. The Hall–Kier alpha value is 0.120. The predicted octanol–water partition coefficient (Wildman–Crippen LogP) is 1.62. The molecule has 3 N–H and O–H groups in total. The predicted molar refractivity (Wildman–Crippen MR) is 106 cm³/mol. The molecule has 0 saturated carbocycles. The summed E-state index contributed by atoms with van der Waals surface area (Å²) in [5.41, 5.74) is 0.506.